The zero-order valence-electron chi connectivity index (χ0n) is 10.8. The van der Waals surface area contributed by atoms with Crippen LogP contribution in [-0.2, 0) is 4.79 Å². The van der Waals surface area contributed by atoms with Crippen molar-refractivity contribution in [2.75, 3.05) is 12.0 Å². The molecule has 21 heavy (non-hydrogen) atoms. The van der Waals surface area contributed by atoms with Crippen LogP contribution in [0.25, 0.3) is 0 Å². The lowest BCUT2D eigenvalue weighted by Gasteiger charge is -2.05. The third kappa shape index (κ3) is 5.41. The normalized spacial score (nSPS) is 8.86. The highest BCUT2D eigenvalue weighted by atomic mass is 16.4. The lowest BCUT2D eigenvalue weighted by Crippen LogP contribution is -2.25. The van der Waals surface area contributed by atoms with Crippen LogP contribution in [0.15, 0.2) is 29.4 Å². The van der Waals surface area contributed by atoms with Crippen molar-refractivity contribution in [3.8, 4) is 12.1 Å². The third-order valence-corrected chi connectivity index (χ3v) is 2.28. The van der Waals surface area contributed by atoms with Crippen molar-refractivity contribution < 1.29 is 14.7 Å². The fourth-order valence-corrected chi connectivity index (χ4v) is 1.28. The number of amides is 1. The molecule has 0 saturated heterocycles. The Morgan fingerprint density at radius 2 is 1.81 bits per heavy atom. The number of nitrogens with one attached hydrogen (secondary N) is 2. The molecular formula is C13H11N5O3. The molecule has 1 aromatic rings. The average molecular weight is 285 g/mol. The number of aliphatic carboxylic acids is 1. The maximum atomic E-state index is 11.7. The number of carboxylic acid groups (broad SMARTS) is 1. The predicted molar refractivity (Wildman–Crippen MR) is 73.3 cm³/mol. The molecule has 3 N–H and O–H groups in total. The summed E-state index contributed by atoms with van der Waals surface area (Å²) in [5.41, 5.74) is 3.05. The van der Waals surface area contributed by atoms with E-state index in [-0.39, 0.29) is 24.6 Å². The Labute approximate surface area is 120 Å². The van der Waals surface area contributed by atoms with Crippen LogP contribution in [0.5, 0.6) is 0 Å². The van der Waals surface area contributed by atoms with Crippen molar-refractivity contribution in [1.29, 1.82) is 10.5 Å². The summed E-state index contributed by atoms with van der Waals surface area (Å²) in [6.45, 7) is 0.0478. The van der Waals surface area contributed by atoms with E-state index in [4.69, 9.17) is 15.6 Å². The molecule has 8 nitrogen and oxygen atoms in total. The largest absolute Gasteiger partial charge is 0.481 e. The number of carbonyl (C=O) groups is 2. The Balaban J connectivity index is 2.60. The van der Waals surface area contributed by atoms with E-state index in [9.17, 15) is 9.59 Å². The Morgan fingerprint density at radius 1 is 1.19 bits per heavy atom. The third-order valence-electron chi connectivity index (χ3n) is 2.28. The monoisotopic (exact) mass is 285 g/mol. The van der Waals surface area contributed by atoms with Crippen LogP contribution in [0.4, 0.5) is 5.69 Å². The number of carboxylic acids is 1. The predicted octanol–water partition coefficient (Wildman–Crippen LogP) is 0.706. The minimum atomic E-state index is -0.988. The summed E-state index contributed by atoms with van der Waals surface area (Å²) < 4.78 is 0. The zero-order chi connectivity index (χ0) is 15.7. The average Bonchev–Trinajstić information content (AvgIpc) is 2.48. The van der Waals surface area contributed by atoms with Crippen molar-refractivity contribution in [1.82, 2.24) is 5.32 Å². The van der Waals surface area contributed by atoms with E-state index in [1.165, 1.54) is 12.1 Å². The highest BCUT2D eigenvalue weighted by molar-refractivity contribution is 6.10. The van der Waals surface area contributed by atoms with Gasteiger partial charge in [0.15, 0.2) is 0 Å². The second-order valence-electron chi connectivity index (χ2n) is 3.77. The Hall–Kier alpha value is -3.39. The summed E-state index contributed by atoms with van der Waals surface area (Å²) in [5.74, 6) is -1.38. The molecule has 0 unspecified atom stereocenters. The van der Waals surface area contributed by atoms with Gasteiger partial charge < -0.3 is 10.4 Å². The SMILES string of the molecule is N#CC(C#N)=NNc1ccc(C(=O)NCCC(=O)O)cc1. The molecule has 106 valence electrons. The number of hydrogen-bond donors (Lipinski definition) is 3. The van der Waals surface area contributed by atoms with Crippen LogP contribution in [0.1, 0.15) is 16.8 Å². The Kier molecular flexibility index (Phi) is 5.91. The summed E-state index contributed by atoms with van der Waals surface area (Å²) >= 11 is 0. The second kappa shape index (κ2) is 7.92. The number of benzene rings is 1. The molecule has 0 aliphatic carbocycles. The molecule has 0 spiro atoms. The molecule has 0 aliphatic heterocycles. The summed E-state index contributed by atoms with van der Waals surface area (Å²) in [6.07, 6.45) is -0.148. The van der Waals surface area contributed by atoms with Gasteiger partial charge in [-0.05, 0) is 24.3 Å². The van der Waals surface area contributed by atoms with E-state index in [0.717, 1.165) is 0 Å². The molecular weight excluding hydrogens is 274 g/mol. The Bertz CT molecular complexity index is 621. The number of nitriles is 2. The van der Waals surface area contributed by atoms with E-state index in [1.807, 2.05) is 0 Å². The molecule has 0 radical (unpaired) electrons. The van der Waals surface area contributed by atoms with Gasteiger partial charge in [-0.3, -0.25) is 15.0 Å². The molecule has 1 rings (SSSR count). The molecule has 0 aliphatic rings. The smallest absolute Gasteiger partial charge is 0.305 e. The van der Waals surface area contributed by atoms with Gasteiger partial charge in [0, 0.05) is 12.1 Å². The second-order valence-corrected chi connectivity index (χ2v) is 3.77. The summed E-state index contributed by atoms with van der Waals surface area (Å²) in [7, 11) is 0. The van der Waals surface area contributed by atoms with Crippen LogP contribution in [-0.4, -0.2) is 29.2 Å². The molecule has 0 heterocycles. The number of carbonyl (C=O) groups excluding carboxylic acids is 1. The molecule has 1 aromatic carbocycles. The fraction of sp³-hybridized carbons (Fsp3) is 0.154. The minimum absolute atomic E-state index is 0.0478. The van der Waals surface area contributed by atoms with Gasteiger partial charge in [-0.2, -0.15) is 15.6 Å². The first kappa shape index (κ1) is 15.7. The summed E-state index contributed by atoms with van der Waals surface area (Å²) in [6, 6.07) is 9.30. The first-order valence-corrected chi connectivity index (χ1v) is 5.80. The molecule has 0 fully saturated rings. The molecule has 0 aromatic heterocycles. The molecule has 0 saturated carbocycles. The highest BCUT2D eigenvalue weighted by Crippen LogP contribution is 2.09. The Morgan fingerprint density at radius 3 is 2.33 bits per heavy atom. The van der Waals surface area contributed by atoms with Crippen LogP contribution < -0.4 is 10.7 Å². The molecule has 0 bridgehead atoms. The van der Waals surface area contributed by atoms with E-state index in [1.54, 1.807) is 24.3 Å². The van der Waals surface area contributed by atoms with Crippen molar-refractivity contribution in [3.63, 3.8) is 0 Å². The number of anilines is 1. The van der Waals surface area contributed by atoms with Crippen LogP contribution in [0.2, 0.25) is 0 Å². The zero-order valence-corrected chi connectivity index (χ0v) is 10.8. The van der Waals surface area contributed by atoms with E-state index >= 15 is 0 Å². The number of rotatable bonds is 6. The van der Waals surface area contributed by atoms with Crippen LogP contribution >= 0.6 is 0 Å². The lowest BCUT2D eigenvalue weighted by molar-refractivity contribution is -0.136. The van der Waals surface area contributed by atoms with Gasteiger partial charge in [0.2, 0.25) is 5.71 Å². The number of nitrogens with zero attached hydrogens (tertiary/aromatic N) is 3. The van der Waals surface area contributed by atoms with Gasteiger partial charge in [-0.15, -0.1) is 0 Å². The quantitative estimate of drug-likeness (QED) is 0.519. The maximum absolute atomic E-state index is 11.7. The highest BCUT2D eigenvalue weighted by Gasteiger charge is 2.05. The first-order valence-electron chi connectivity index (χ1n) is 5.80. The van der Waals surface area contributed by atoms with Gasteiger partial charge in [0.05, 0.1) is 12.1 Å². The van der Waals surface area contributed by atoms with Gasteiger partial charge in [-0.25, -0.2) is 0 Å². The number of hydrogen-bond acceptors (Lipinski definition) is 6. The summed E-state index contributed by atoms with van der Waals surface area (Å²) in [4.78, 5) is 22.0. The van der Waals surface area contributed by atoms with Gasteiger partial charge >= 0.3 is 5.97 Å². The van der Waals surface area contributed by atoms with Gasteiger partial charge in [0.1, 0.15) is 12.1 Å². The van der Waals surface area contributed by atoms with Crippen molar-refractivity contribution >= 4 is 23.3 Å². The van der Waals surface area contributed by atoms with Gasteiger partial charge in [0.25, 0.3) is 5.91 Å². The molecule has 0 atom stereocenters. The molecule has 8 heteroatoms. The summed E-state index contributed by atoms with van der Waals surface area (Å²) in [5, 5.41) is 31.5. The molecule has 1 amide bonds. The van der Waals surface area contributed by atoms with E-state index < -0.39 is 5.97 Å². The van der Waals surface area contributed by atoms with Crippen LogP contribution in [0.3, 0.4) is 0 Å². The lowest BCUT2D eigenvalue weighted by atomic mass is 10.2. The first-order chi connectivity index (χ1) is 10.1. The van der Waals surface area contributed by atoms with Crippen molar-refractivity contribution in [2.24, 2.45) is 5.10 Å². The topological polar surface area (TPSA) is 138 Å². The maximum Gasteiger partial charge on any atom is 0.305 e. The fourth-order valence-electron chi connectivity index (χ4n) is 1.28. The van der Waals surface area contributed by atoms with Gasteiger partial charge in [-0.1, -0.05) is 0 Å². The standard InChI is InChI=1S/C13H11N5O3/c14-7-11(8-15)18-17-10-3-1-9(2-4-10)13(21)16-6-5-12(19)20/h1-4,17H,5-6H2,(H,16,21)(H,19,20). The van der Waals surface area contributed by atoms with Crippen molar-refractivity contribution in [3.05, 3.63) is 29.8 Å². The number of hydrazone groups is 1. The minimum Gasteiger partial charge on any atom is -0.481 e. The van der Waals surface area contributed by atoms with E-state index in [0.29, 0.717) is 11.3 Å². The van der Waals surface area contributed by atoms with Crippen LogP contribution in [0, 0.1) is 22.7 Å². The van der Waals surface area contributed by atoms with E-state index in [2.05, 4.69) is 15.8 Å². The van der Waals surface area contributed by atoms with Crippen molar-refractivity contribution in [2.45, 2.75) is 6.42 Å².